The maximum Gasteiger partial charge on any atom is 0.354 e. The van der Waals surface area contributed by atoms with Crippen molar-refractivity contribution in [3.8, 4) is 0 Å². The van der Waals surface area contributed by atoms with Gasteiger partial charge in [0.05, 0.1) is 5.75 Å². The van der Waals surface area contributed by atoms with Gasteiger partial charge in [-0.1, -0.05) is 6.07 Å². The lowest BCUT2D eigenvalue weighted by atomic mass is 10.3. The van der Waals surface area contributed by atoms with Crippen LogP contribution in [-0.2, 0) is 15.6 Å². The van der Waals surface area contributed by atoms with Crippen molar-refractivity contribution in [2.75, 3.05) is 6.26 Å². The van der Waals surface area contributed by atoms with E-state index in [2.05, 4.69) is 4.98 Å². The summed E-state index contributed by atoms with van der Waals surface area (Å²) in [6.45, 7) is 0. The molecular formula is C8H9NO4S. The van der Waals surface area contributed by atoms with Gasteiger partial charge in [0.1, 0.15) is 5.69 Å². The van der Waals surface area contributed by atoms with Gasteiger partial charge in [-0.2, -0.15) is 0 Å². The molecule has 5 nitrogen and oxygen atoms in total. The molecular weight excluding hydrogens is 206 g/mol. The Morgan fingerprint density at radius 1 is 1.50 bits per heavy atom. The highest BCUT2D eigenvalue weighted by atomic mass is 32.2. The van der Waals surface area contributed by atoms with Crippen LogP contribution in [0.25, 0.3) is 0 Å². The number of sulfone groups is 1. The van der Waals surface area contributed by atoms with Crippen molar-refractivity contribution in [2.24, 2.45) is 0 Å². The van der Waals surface area contributed by atoms with Crippen LogP contribution in [0.2, 0.25) is 0 Å². The molecule has 0 saturated carbocycles. The number of carbonyl (C=O) groups is 1. The van der Waals surface area contributed by atoms with Crippen LogP contribution >= 0.6 is 0 Å². The van der Waals surface area contributed by atoms with Gasteiger partial charge < -0.3 is 5.11 Å². The lowest BCUT2D eigenvalue weighted by Crippen LogP contribution is -2.04. The fourth-order valence-electron chi connectivity index (χ4n) is 0.939. The van der Waals surface area contributed by atoms with Crippen LogP contribution < -0.4 is 0 Å². The molecule has 0 atom stereocenters. The van der Waals surface area contributed by atoms with Crippen LogP contribution in [0.3, 0.4) is 0 Å². The van der Waals surface area contributed by atoms with Gasteiger partial charge in [0, 0.05) is 12.5 Å². The predicted octanol–water partition coefficient (Wildman–Crippen LogP) is 0.324. The molecule has 0 radical (unpaired) electrons. The monoisotopic (exact) mass is 215 g/mol. The third-order valence-electron chi connectivity index (χ3n) is 1.47. The van der Waals surface area contributed by atoms with Crippen LogP contribution in [0.4, 0.5) is 0 Å². The fraction of sp³-hybridized carbons (Fsp3) is 0.250. The SMILES string of the molecule is CS(=O)(=O)Cc1ccc(C(=O)O)nc1. The van der Waals surface area contributed by atoms with Crippen molar-refractivity contribution in [1.82, 2.24) is 4.98 Å². The minimum atomic E-state index is -3.10. The van der Waals surface area contributed by atoms with E-state index in [9.17, 15) is 13.2 Å². The molecule has 0 aromatic carbocycles. The van der Waals surface area contributed by atoms with Crippen LogP contribution in [0.1, 0.15) is 16.1 Å². The van der Waals surface area contributed by atoms with Crippen molar-refractivity contribution >= 4 is 15.8 Å². The number of carboxylic acids is 1. The van der Waals surface area contributed by atoms with Crippen molar-refractivity contribution in [3.05, 3.63) is 29.6 Å². The van der Waals surface area contributed by atoms with Crippen LogP contribution in [0.5, 0.6) is 0 Å². The second kappa shape index (κ2) is 3.75. The Kier molecular flexibility index (Phi) is 2.85. The maximum absolute atomic E-state index is 10.9. The zero-order valence-corrected chi connectivity index (χ0v) is 8.28. The number of hydrogen-bond acceptors (Lipinski definition) is 4. The molecule has 76 valence electrons. The zero-order valence-electron chi connectivity index (χ0n) is 7.47. The first-order valence-electron chi connectivity index (χ1n) is 3.74. The van der Waals surface area contributed by atoms with E-state index in [1.54, 1.807) is 0 Å². The summed E-state index contributed by atoms with van der Waals surface area (Å²) in [6.07, 6.45) is 2.36. The van der Waals surface area contributed by atoms with Crippen molar-refractivity contribution in [1.29, 1.82) is 0 Å². The first-order chi connectivity index (χ1) is 6.38. The third-order valence-corrected chi connectivity index (χ3v) is 2.33. The molecule has 1 N–H and O–H groups in total. The highest BCUT2D eigenvalue weighted by Gasteiger charge is 2.07. The van der Waals surface area contributed by atoms with Gasteiger partial charge in [-0.25, -0.2) is 18.2 Å². The Morgan fingerprint density at radius 3 is 2.50 bits per heavy atom. The quantitative estimate of drug-likeness (QED) is 0.785. The third kappa shape index (κ3) is 3.14. The van der Waals surface area contributed by atoms with Gasteiger partial charge in [0.15, 0.2) is 9.84 Å². The first kappa shape index (κ1) is 10.6. The number of aromatic nitrogens is 1. The molecule has 6 heteroatoms. The first-order valence-corrected chi connectivity index (χ1v) is 5.80. The molecule has 1 aromatic rings. The molecule has 0 aliphatic rings. The maximum atomic E-state index is 10.9. The van der Waals surface area contributed by atoms with Gasteiger partial charge in [-0.15, -0.1) is 0 Å². The Bertz CT molecular complexity index is 435. The predicted molar refractivity (Wildman–Crippen MR) is 49.7 cm³/mol. The number of carboxylic acid groups (broad SMARTS) is 1. The Balaban J connectivity index is 2.90. The molecule has 0 spiro atoms. The molecule has 1 rings (SSSR count). The van der Waals surface area contributed by atoms with E-state index in [-0.39, 0.29) is 11.4 Å². The molecule has 1 aromatic heterocycles. The molecule has 0 fully saturated rings. The summed E-state index contributed by atoms with van der Waals surface area (Å²) in [4.78, 5) is 14.0. The summed E-state index contributed by atoms with van der Waals surface area (Å²) in [7, 11) is -3.10. The number of aromatic carboxylic acids is 1. The lowest BCUT2D eigenvalue weighted by Gasteiger charge is -1.98. The minimum absolute atomic E-state index is 0.0951. The smallest absolute Gasteiger partial charge is 0.354 e. The van der Waals surface area contributed by atoms with Gasteiger partial charge in [0.25, 0.3) is 0 Å². The van der Waals surface area contributed by atoms with Gasteiger partial charge >= 0.3 is 5.97 Å². The molecule has 0 saturated heterocycles. The van der Waals surface area contributed by atoms with E-state index in [0.717, 1.165) is 6.26 Å². The highest BCUT2D eigenvalue weighted by molar-refractivity contribution is 7.89. The standard InChI is InChI=1S/C8H9NO4S/c1-14(12,13)5-6-2-3-7(8(10)11)9-4-6/h2-4H,5H2,1H3,(H,10,11). The topological polar surface area (TPSA) is 84.3 Å². The normalized spacial score (nSPS) is 11.2. The average Bonchev–Trinajstić information content (AvgIpc) is 2.02. The van der Waals surface area contributed by atoms with Crippen molar-refractivity contribution < 1.29 is 18.3 Å². The zero-order chi connectivity index (χ0) is 10.8. The molecule has 0 unspecified atom stereocenters. The van der Waals surface area contributed by atoms with Gasteiger partial charge in [0.2, 0.25) is 0 Å². The van der Waals surface area contributed by atoms with Crippen LogP contribution in [0.15, 0.2) is 18.3 Å². The second-order valence-corrected chi connectivity index (χ2v) is 5.07. The Labute approximate surface area is 81.3 Å². The van der Waals surface area contributed by atoms with E-state index >= 15 is 0 Å². The largest absolute Gasteiger partial charge is 0.477 e. The lowest BCUT2D eigenvalue weighted by molar-refractivity contribution is 0.0690. The van der Waals surface area contributed by atoms with Crippen molar-refractivity contribution in [3.63, 3.8) is 0 Å². The highest BCUT2D eigenvalue weighted by Crippen LogP contribution is 2.04. The molecule has 1 heterocycles. The van der Waals surface area contributed by atoms with Crippen LogP contribution in [0, 0.1) is 0 Å². The number of nitrogens with zero attached hydrogens (tertiary/aromatic N) is 1. The Morgan fingerprint density at radius 2 is 2.14 bits per heavy atom. The molecule has 0 amide bonds. The average molecular weight is 215 g/mol. The van der Waals surface area contributed by atoms with Crippen LogP contribution in [-0.4, -0.2) is 30.7 Å². The minimum Gasteiger partial charge on any atom is -0.477 e. The summed E-state index contributed by atoms with van der Waals surface area (Å²) < 4.78 is 21.8. The fourth-order valence-corrected chi connectivity index (χ4v) is 1.72. The molecule has 0 aliphatic carbocycles. The summed E-state index contributed by atoms with van der Waals surface area (Å²) in [6, 6.07) is 2.72. The number of pyridine rings is 1. The number of hydrogen-bond donors (Lipinski definition) is 1. The second-order valence-electron chi connectivity index (χ2n) is 2.93. The van der Waals surface area contributed by atoms with E-state index in [4.69, 9.17) is 5.11 Å². The van der Waals surface area contributed by atoms with E-state index < -0.39 is 15.8 Å². The molecule has 0 bridgehead atoms. The summed E-state index contributed by atoms with van der Waals surface area (Å²) in [5.74, 6) is -1.25. The summed E-state index contributed by atoms with van der Waals surface area (Å²) in [5.41, 5.74) is 0.389. The van der Waals surface area contributed by atoms with Crippen molar-refractivity contribution in [2.45, 2.75) is 5.75 Å². The van der Waals surface area contributed by atoms with Gasteiger partial charge in [-0.3, -0.25) is 0 Å². The Hall–Kier alpha value is -1.43. The van der Waals surface area contributed by atoms with E-state index in [1.165, 1.54) is 18.3 Å². The summed E-state index contributed by atoms with van der Waals surface area (Å²) >= 11 is 0. The van der Waals surface area contributed by atoms with E-state index in [0.29, 0.717) is 5.56 Å². The summed E-state index contributed by atoms with van der Waals surface area (Å²) in [5, 5.41) is 8.53. The van der Waals surface area contributed by atoms with Gasteiger partial charge in [-0.05, 0) is 11.6 Å². The number of rotatable bonds is 3. The molecule has 14 heavy (non-hydrogen) atoms. The van der Waals surface area contributed by atoms with E-state index in [1.807, 2.05) is 0 Å². The molecule has 0 aliphatic heterocycles.